The molecular formula is C32H33F2N3O7S. The van der Waals surface area contributed by atoms with Crippen molar-refractivity contribution in [1.82, 2.24) is 15.5 Å². The number of halogens is 2. The summed E-state index contributed by atoms with van der Waals surface area (Å²) in [7, 11) is 0. The van der Waals surface area contributed by atoms with Crippen molar-refractivity contribution in [3.8, 4) is 17.2 Å². The summed E-state index contributed by atoms with van der Waals surface area (Å²) in [6.07, 6.45) is -5.37. The highest BCUT2D eigenvalue weighted by atomic mass is 32.2. The maximum absolute atomic E-state index is 13.9. The maximum Gasteiger partial charge on any atom is 0.586 e. The molecule has 45 heavy (non-hydrogen) atoms. The van der Waals surface area contributed by atoms with Gasteiger partial charge < -0.3 is 35.2 Å². The Morgan fingerprint density at radius 2 is 1.73 bits per heavy atom. The summed E-state index contributed by atoms with van der Waals surface area (Å²) in [6.45, 7) is 5.15. The highest BCUT2D eigenvalue weighted by Crippen LogP contribution is 2.42. The first kappa shape index (κ1) is 32.0. The number of carbonyl (C=O) groups is 3. The Hall–Kier alpha value is -4.36. The number of ether oxygens (including phenoxy) is 2. The van der Waals surface area contributed by atoms with Gasteiger partial charge in [0.05, 0.1) is 11.9 Å². The Morgan fingerprint density at radius 3 is 2.47 bits per heavy atom. The van der Waals surface area contributed by atoms with Gasteiger partial charge in [-0.1, -0.05) is 42.5 Å². The summed E-state index contributed by atoms with van der Waals surface area (Å²) < 4.78 is 35.0. The number of nitrogens with one attached hydrogen (secondary N) is 2. The molecule has 1 unspecified atom stereocenters. The van der Waals surface area contributed by atoms with Gasteiger partial charge in [-0.15, -0.1) is 20.5 Å². The van der Waals surface area contributed by atoms with Gasteiger partial charge in [0.15, 0.2) is 17.6 Å². The van der Waals surface area contributed by atoms with Crippen molar-refractivity contribution < 1.29 is 42.9 Å². The van der Waals surface area contributed by atoms with Crippen LogP contribution in [0.25, 0.3) is 0 Å². The SMILES string of the molecule is Cc1c(O)cccc1C(=O)NC(Cc1ccccc1)[C@H](O)C(=O)N1CSC(C)(C)[C@H]1C(=O)NCc1ccc2c(c1)OC(F)(F)O2. The number of rotatable bonds is 9. The van der Waals surface area contributed by atoms with E-state index in [1.54, 1.807) is 45.0 Å². The smallest absolute Gasteiger partial charge is 0.508 e. The average molecular weight is 642 g/mol. The van der Waals surface area contributed by atoms with Gasteiger partial charge in [-0.05, 0) is 62.6 Å². The standard InChI is InChI=1S/C32H33F2N3O7S/c1-18-21(10-7-11-23(18)38)28(40)36-22(14-19-8-5-4-6-9-19)26(39)30(42)37-17-45-31(2,3)27(37)29(41)35-16-20-12-13-24-25(15-20)44-32(33,34)43-24/h4-13,15,22,26-27,38-39H,14,16-17H2,1-3H3,(H,35,41)(H,36,40)/t22?,26-,27+/m0/s1. The molecular weight excluding hydrogens is 608 g/mol. The Kier molecular flexibility index (Phi) is 8.95. The van der Waals surface area contributed by atoms with Crippen LogP contribution in [0.4, 0.5) is 8.78 Å². The molecule has 5 rings (SSSR count). The largest absolute Gasteiger partial charge is 0.586 e. The van der Waals surface area contributed by atoms with Crippen LogP contribution in [0.2, 0.25) is 0 Å². The normalized spacial score (nSPS) is 19.1. The molecule has 2 heterocycles. The third-order valence-electron chi connectivity index (χ3n) is 7.81. The molecule has 1 fully saturated rings. The van der Waals surface area contributed by atoms with Crippen LogP contribution in [0.3, 0.4) is 0 Å². The minimum atomic E-state index is -3.77. The molecule has 3 aromatic carbocycles. The number of aromatic hydroxyl groups is 1. The molecule has 4 N–H and O–H groups in total. The lowest BCUT2D eigenvalue weighted by Crippen LogP contribution is -2.58. The lowest BCUT2D eigenvalue weighted by atomic mass is 9.96. The van der Waals surface area contributed by atoms with Gasteiger partial charge in [-0.25, -0.2) is 0 Å². The number of hydrogen-bond donors (Lipinski definition) is 4. The molecule has 0 aliphatic carbocycles. The first-order chi connectivity index (χ1) is 21.3. The second-order valence-corrected chi connectivity index (χ2v) is 13.0. The number of alkyl halides is 2. The zero-order chi connectivity index (χ0) is 32.5. The number of hydrogen-bond acceptors (Lipinski definition) is 8. The van der Waals surface area contributed by atoms with Gasteiger partial charge in [-0.2, -0.15) is 0 Å². The van der Waals surface area contributed by atoms with Crippen LogP contribution >= 0.6 is 11.8 Å². The molecule has 10 nitrogen and oxygen atoms in total. The van der Waals surface area contributed by atoms with Crippen molar-refractivity contribution in [3.05, 3.63) is 89.0 Å². The van der Waals surface area contributed by atoms with Crippen LogP contribution in [0, 0.1) is 6.92 Å². The number of nitrogens with zero attached hydrogens (tertiary/aromatic N) is 1. The number of amides is 3. The van der Waals surface area contributed by atoms with Crippen LogP contribution in [0.15, 0.2) is 66.7 Å². The van der Waals surface area contributed by atoms with Gasteiger partial charge in [0.1, 0.15) is 11.8 Å². The number of thioether (sulfide) groups is 1. The highest BCUT2D eigenvalue weighted by molar-refractivity contribution is 8.00. The van der Waals surface area contributed by atoms with Crippen molar-refractivity contribution in [2.75, 3.05) is 5.88 Å². The number of fused-ring (bicyclic) bond motifs is 1. The number of aliphatic hydroxyl groups excluding tert-OH is 1. The second-order valence-electron chi connectivity index (χ2n) is 11.4. The van der Waals surface area contributed by atoms with E-state index in [0.717, 1.165) is 5.56 Å². The van der Waals surface area contributed by atoms with Crippen LogP contribution in [0.5, 0.6) is 17.2 Å². The molecule has 2 aliphatic rings. The molecule has 3 amide bonds. The fraction of sp³-hybridized carbons (Fsp3) is 0.344. The number of benzene rings is 3. The second kappa shape index (κ2) is 12.6. The molecule has 3 aromatic rings. The Morgan fingerprint density at radius 1 is 1.02 bits per heavy atom. The molecule has 3 atom stereocenters. The van der Waals surface area contributed by atoms with E-state index in [1.165, 1.54) is 53.1 Å². The third-order valence-corrected chi connectivity index (χ3v) is 9.18. The van der Waals surface area contributed by atoms with E-state index in [0.29, 0.717) is 11.1 Å². The van der Waals surface area contributed by atoms with Crippen LogP contribution in [-0.2, 0) is 22.6 Å². The van der Waals surface area contributed by atoms with Crippen molar-refractivity contribution >= 4 is 29.5 Å². The molecule has 1 saturated heterocycles. The van der Waals surface area contributed by atoms with Crippen molar-refractivity contribution in [2.24, 2.45) is 0 Å². The summed E-state index contributed by atoms with van der Waals surface area (Å²) in [5.41, 5.74) is 1.77. The van der Waals surface area contributed by atoms with E-state index in [9.17, 15) is 33.4 Å². The number of aliphatic hydroxyl groups is 1. The molecule has 0 spiro atoms. The van der Waals surface area contributed by atoms with E-state index in [-0.39, 0.29) is 41.7 Å². The lowest BCUT2D eigenvalue weighted by Gasteiger charge is -2.33. The van der Waals surface area contributed by atoms with E-state index >= 15 is 0 Å². The Balaban J connectivity index is 1.33. The topological polar surface area (TPSA) is 137 Å². The summed E-state index contributed by atoms with van der Waals surface area (Å²) in [6, 6.07) is 15.6. The molecule has 0 aromatic heterocycles. The zero-order valence-corrected chi connectivity index (χ0v) is 25.6. The monoisotopic (exact) mass is 641 g/mol. The number of phenols is 1. The first-order valence-electron chi connectivity index (χ1n) is 14.2. The van der Waals surface area contributed by atoms with E-state index < -0.39 is 47.0 Å². The van der Waals surface area contributed by atoms with Gasteiger partial charge >= 0.3 is 6.29 Å². The van der Waals surface area contributed by atoms with Gasteiger partial charge in [-0.3, -0.25) is 14.4 Å². The molecule has 0 bridgehead atoms. The van der Waals surface area contributed by atoms with Crippen molar-refractivity contribution in [2.45, 2.75) is 63.0 Å². The van der Waals surface area contributed by atoms with Gasteiger partial charge in [0.2, 0.25) is 5.91 Å². The van der Waals surface area contributed by atoms with E-state index in [1.807, 2.05) is 6.07 Å². The quantitative estimate of drug-likeness (QED) is 0.278. The molecule has 238 valence electrons. The van der Waals surface area contributed by atoms with Crippen LogP contribution < -0.4 is 20.1 Å². The fourth-order valence-corrected chi connectivity index (χ4v) is 6.51. The summed E-state index contributed by atoms with van der Waals surface area (Å²) >= 11 is 1.36. The van der Waals surface area contributed by atoms with Crippen molar-refractivity contribution in [1.29, 1.82) is 0 Å². The first-order valence-corrected chi connectivity index (χ1v) is 15.2. The molecule has 13 heteroatoms. The van der Waals surface area contributed by atoms with Crippen LogP contribution in [-0.4, -0.2) is 67.9 Å². The maximum atomic E-state index is 13.9. The zero-order valence-electron chi connectivity index (χ0n) is 24.8. The minimum Gasteiger partial charge on any atom is -0.508 e. The number of carbonyl (C=O) groups excluding carboxylic acids is 3. The Labute approximate surface area is 262 Å². The van der Waals surface area contributed by atoms with E-state index in [4.69, 9.17) is 0 Å². The van der Waals surface area contributed by atoms with Gasteiger partial charge in [0.25, 0.3) is 11.8 Å². The summed E-state index contributed by atoms with van der Waals surface area (Å²) in [5.74, 6) is -2.07. The summed E-state index contributed by atoms with van der Waals surface area (Å²) in [4.78, 5) is 42.0. The van der Waals surface area contributed by atoms with Gasteiger partial charge in [0, 0.05) is 22.4 Å². The molecule has 0 radical (unpaired) electrons. The summed E-state index contributed by atoms with van der Waals surface area (Å²) in [5, 5.41) is 27.1. The number of phenolic OH excluding ortho intramolecular Hbond substituents is 1. The van der Waals surface area contributed by atoms with Crippen LogP contribution in [0.1, 0.15) is 40.9 Å². The predicted molar refractivity (Wildman–Crippen MR) is 162 cm³/mol. The highest BCUT2D eigenvalue weighted by Gasteiger charge is 2.50. The van der Waals surface area contributed by atoms with Crippen molar-refractivity contribution in [3.63, 3.8) is 0 Å². The molecule has 0 saturated carbocycles. The van der Waals surface area contributed by atoms with E-state index in [2.05, 4.69) is 20.1 Å². The molecule has 2 aliphatic heterocycles. The average Bonchev–Trinajstić information content (AvgIpc) is 3.49. The fourth-order valence-electron chi connectivity index (χ4n) is 5.37. The lowest BCUT2D eigenvalue weighted by molar-refractivity contribution is -0.286. The predicted octanol–water partition coefficient (Wildman–Crippen LogP) is 3.72. The Bertz CT molecular complexity index is 1600. The third kappa shape index (κ3) is 6.99. The minimum absolute atomic E-state index is 0.0428.